The SMILES string of the molecule is CCn1cc(CN2CCCC(Br)C2)cn1. The third kappa shape index (κ3) is 3.05. The third-order valence-corrected chi connectivity index (χ3v) is 3.61. The molecule has 1 aromatic rings. The number of likely N-dealkylation sites (tertiary alicyclic amines) is 1. The second-order valence-corrected chi connectivity index (χ2v) is 5.47. The van der Waals surface area contributed by atoms with Crippen molar-refractivity contribution in [1.29, 1.82) is 0 Å². The molecule has 4 heteroatoms. The van der Waals surface area contributed by atoms with E-state index in [0.29, 0.717) is 4.83 Å². The molecule has 2 rings (SSSR count). The van der Waals surface area contributed by atoms with Gasteiger partial charge in [0.1, 0.15) is 0 Å². The van der Waals surface area contributed by atoms with Gasteiger partial charge in [0, 0.05) is 36.2 Å². The lowest BCUT2D eigenvalue weighted by atomic mass is 10.1. The first-order valence-corrected chi connectivity index (χ1v) is 6.57. The van der Waals surface area contributed by atoms with Crippen LogP contribution in [0.5, 0.6) is 0 Å². The Morgan fingerprint density at radius 3 is 3.13 bits per heavy atom. The smallest absolute Gasteiger partial charge is 0.0534 e. The summed E-state index contributed by atoms with van der Waals surface area (Å²) < 4.78 is 1.99. The van der Waals surface area contributed by atoms with E-state index in [0.717, 1.165) is 19.6 Å². The topological polar surface area (TPSA) is 21.1 Å². The Kier molecular flexibility index (Phi) is 3.81. The Labute approximate surface area is 99.6 Å². The molecule has 15 heavy (non-hydrogen) atoms. The second-order valence-electron chi connectivity index (χ2n) is 4.18. The maximum atomic E-state index is 4.30. The summed E-state index contributed by atoms with van der Waals surface area (Å²) >= 11 is 3.70. The van der Waals surface area contributed by atoms with Gasteiger partial charge in [0.05, 0.1) is 6.20 Å². The Balaban J connectivity index is 1.90. The summed E-state index contributed by atoms with van der Waals surface area (Å²) in [6, 6.07) is 0. The van der Waals surface area contributed by atoms with Crippen molar-refractivity contribution in [1.82, 2.24) is 14.7 Å². The molecule has 0 amide bonds. The lowest BCUT2D eigenvalue weighted by Crippen LogP contribution is -2.35. The van der Waals surface area contributed by atoms with Crippen molar-refractivity contribution in [2.24, 2.45) is 0 Å². The number of nitrogens with zero attached hydrogens (tertiary/aromatic N) is 3. The lowest BCUT2D eigenvalue weighted by Gasteiger charge is -2.29. The van der Waals surface area contributed by atoms with Crippen LogP contribution in [0.1, 0.15) is 25.3 Å². The van der Waals surface area contributed by atoms with E-state index in [-0.39, 0.29) is 0 Å². The minimum absolute atomic E-state index is 0.674. The minimum Gasteiger partial charge on any atom is -0.298 e. The average molecular weight is 272 g/mol. The molecule has 0 aliphatic carbocycles. The van der Waals surface area contributed by atoms with E-state index in [2.05, 4.69) is 39.0 Å². The van der Waals surface area contributed by atoms with E-state index in [1.54, 1.807) is 0 Å². The van der Waals surface area contributed by atoms with Crippen LogP contribution in [0.25, 0.3) is 0 Å². The van der Waals surface area contributed by atoms with Crippen LogP contribution < -0.4 is 0 Å². The number of halogens is 1. The summed E-state index contributed by atoms with van der Waals surface area (Å²) in [5.74, 6) is 0. The number of aryl methyl sites for hydroxylation is 1. The van der Waals surface area contributed by atoms with Crippen LogP contribution in [0.4, 0.5) is 0 Å². The van der Waals surface area contributed by atoms with Gasteiger partial charge in [-0.15, -0.1) is 0 Å². The van der Waals surface area contributed by atoms with Crippen LogP contribution in [-0.2, 0) is 13.1 Å². The molecule has 0 saturated carbocycles. The van der Waals surface area contributed by atoms with Gasteiger partial charge in [-0.2, -0.15) is 5.10 Å². The summed E-state index contributed by atoms with van der Waals surface area (Å²) in [6.45, 7) is 6.51. The molecule has 2 heterocycles. The summed E-state index contributed by atoms with van der Waals surface area (Å²) in [5.41, 5.74) is 1.33. The number of hydrogen-bond acceptors (Lipinski definition) is 2. The molecule has 1 aliphatic rings. The van der Waals surface area contributed by atoms with E-state index in [4.69, 9.17) is 0 Å². The Bertz CT molecular complexity index is 311. The molecule has 3 nitrogen and oxygen atoms in total. The molecule has 0 bridgehead atoms. The molecule has 1 fully saturated rings. The van der Waals surface area contributed by atoms with Crippen molar-refractivity contribution in [3.8, 4) is 0 Å². The van der Waals surface area contributed by atoms with E-state index >= 15 is 0 Å². The van der Waals surface area contributed by atoms with Crippen LogP contribution in [0.15, 0.2) is 12.4 Å². The Hall–Kier alpha value is -0.350. The zero-order chi connectivity index (χ0) is 10.7. The summed E-state index contributed by atoms with van der Waals surface area (Å²) in [6.07, 6.45) is 6.75. The molecular weight excluding hydrogens is 254 g/mol. The van der Waals surface area contributed by atoms with E-state index in [9.17, 15) is 0 Å². The molecule has 0 spiro atoms. The first kappa shape index (κ1) is 11.1. The summed E-state index contributed by atoms with van der Waals surface area (Å²) in [5, 5.41) is 4.30. The van der Waals surface area contributed by atoms with Crippen molar-refractivity contribution in [2.75, 3.05) is 13.1 Å². The second kappa shape index (κ2) is 5.12. The Morgan fingerprint density at radius 2 is 2.47 bits per heavy atom. The van der Waals surface area contributed by atoms with E-state index in [1.165, 1.54) is 24.9 Å². The van der Waals surface area contributed by atoms with Gasteiger partial charge in [-0.25, -0.2) is 0 Å². The molecule has 1 aromatic heterocycles. The predicted octanol–water partition coefficient (Wildman–Crippen LogP) is 2.26. The van der Waals surface area contributed by atoms with Crippen molar-refractivity contribution >= 4 is 15.9 Å². The van der Waals surface area contributed by atoms with Gasteiger partial charge in [-0.05, 0) is 26.3 Å². The highest BCUT2D eigenvalue weighted by molar-refractivity contribution is 9.09. The van der Waals surface area contributed by atoms with Gasteiger partial charge in [0.25, 0.3) is 0 Å². The van der Waals surface area contributed by atoms with Gasteiger partial charge in [-0.1, -0.05) is 15.9 Å². The van der Waals surface area contributed by atoms with Gasteiger partial charge in [-0.3, -0.25) is 9.58 Å². The normalized spacial score (nSPS) is 23.2. The number of rotatable bonds is 3. The van der Waals surface area contributed by atoms with Crippen molar-refractivity contribution in [3.05, 3.63) is 18.0 Å². The fourth-order valence-electron chi connectivity index (χ4n) is 2.06. The maximum Gasteiger partial charge on any atom is 0.0534 e. The maximum absolute atomic E-state index is 4.30. The first-order valence-electron chi connectivity index (χ1n) is 5.65. The number of hydrogen-bond donors (Lipinski definition) is 0. The Morgan fingerprint density at radius 1 is 1.60 bits per heavy atom. The quantitative estimate of drug-likeness (QED) is 0.787. The standard InChI is InChI=1S/C11H18BrN3/c1-2-15-8-10(6-13-15)7-14-5-3-4-11(12)9-14/h6,8,11H,2-5,7,9H2,1H3. The van der Waals surface area contributed by atoms with Crippen LogP contribution in [0, 0.1) is 0 Å². The monoisotopic (exact) mass is 271 g/mol. The minimum atomic E-state index is 0.674. The number of alkyl halides is 1. The fourth-order valence-corrected chi connectivity index (χ4v) is 2.80. The van der Waals surface area contributed by atoms with Crippen molar-refractivity contribution in [3.63, 3.8) is 0 Å². The van der Waals surface area contributed by atoms with Crippen LogP contribution in [0.2, 0.25) is 0 Å². The highest BCUT2D eigenvalue weighted by Crippen LogP contribution is 2.18. The largest absolute Gasteiger partial charge is 0.298 e. The van der Waals surface area contributed by atoms with Crippen molar-refractivity contribution < 1.29 is 0 Å². The zero-order valence-electron chi connectivity index (χ0n) is 9.19. The fraction of sp³-hybridized carbons (Fsp3) is 0.727. The number of aromatic nitrogens is 2. The van der Waals surface area contributed by atoms with Gasteiger partial charge >= 0.3 is 0 Å². The van der Waals surface area contributed by atoms with E-state index in [1.807, 2.05) is 10.9 Å². The highest BCUT2D eigenvalue weighted by atomic mass is 79.9. The molecule has 0 N–H and O–H groups in total. The first-order chi connectivity index (χ1) is 7.28. The summed E-state index contributed by atoms with van der Waals surface area (Å²) in [4.78, 5) is 3.17. The van der Waals surface area contributed by atoms with Crippen LogP contribution in [0.3, 0.4) is 0 Å². The summed E-state index contributed by atoms with van der Waals surface area (Å²) in [7, 11) is 0. The molecule has 0 radical (unpaired) electrons. The number of piperidine rings is 1. The highest BCUT2D eigenvalue weighted by Gasteiger charge is 2.17. The molecule has 84 valence electrons. The van der Waals surface area contributed by atoms with Gasteiger partial charge < -0.3 is 0 Å². The molecule has 1 aliphatic heterocycles. The average Bonchev–Trinajstić information content (AvgIpc) is 2.65. The molecular formula is C11H18BrN3. The van der Waals surface area contributed by atoms with Crippen LogP contribution >= 0.6 is 15.9 Å². The predicted molar refractivity (Wildman–Crippen MR) is 65.1 cm³/mol. The third-order valence-electron chi connectivity index (χ3n) is 2.86. The zero-order valence-corrected chi connectivity index (χ0v) is 10.8. The van der Waals surface area contributed by atoms with E-state index < -0.39 is 0 Å². The molecule has 1 unspecified atom stereocenters. The molecule has 1 saturated heterocycles. The molecule has 0 aromatic carbocycles. The van der Waals surface area contributed by atoms with Gasteiger partial charge in [0.15, 0.2) is 0 Å². The van der Waals surface area contributed by atoms with Gasteiger partial charge in [0.2, 0.25) is 0 Å². The molecule has 1 atom stereocenters. The lowest BCUT2D eigenvalue weighted by molar-refractivity contribution is 0.228. The van der Waals surface area contributed by atoms with Crippen LogP contribution in [-0.4, -0.2) is 32.6 Å². The van der Waals surface area contributed by atoms with Crippen molar-refractivity contribution in [2.45, 2.75) is 37.7 Å².